The van der Waals surface area contributed by atoms with Gasteiger partial charge in [0, 0.05) is 12.6 Å². The van der Waals surface area contributed by atoms with Crippen molar-refractivity contribution in [3.05, 3.63) is 0 Å². The number of aliphatic hydroxyl groups is 1. The summed E-state index contributed by atoms with van der Waals surface area (Å²) in [5.74, 6) is 0.807. The lowest BCUT2D eigenvalue weighted by molar-refractivity contribution is -0.0744. The second kappa shape index (κ2) is 6.96. The molecule has 0 aromatic heterocycles. The predicted octanol–water partition coefficient (Wildman–Crippen LogP) is 3.53. The first kappa shape index (κ1) is 18.5. The lowest BCUT2D eigenvalue weighted by Crippen LogP contribution is -2.41. The molecule has 4 atom stereocenters. The van der Waals surface area contributed by atoms with Gasteiger partial charge in [-0.2, -0.15) is 0 Å². The van der Waals surface area contributed by atoms with Crippen LogP contribution in [0.3, 0.4) is 0 Å². The van der Waals surface area contributed by atoms with Crippen LogP contribution < -0.4 is 5.32 Å². The van der Waals surface area contributed by atoms with Gasteiger partial charge in [-0.15, -0.1) is 12.4 Å². The highest BCUT2D eigenvalue weighted by molar-refractivity contribution is 5.85. The van der Waals surface area contributed by atoms with Crippen LogP contribution in [-0.4, -0.2) is 36.5 Å². The molecule has 0 radical (unpaired) electrons. The number of fused-ring (bicyclic) bond motifs is 2. The molecule has 3 fully saturated rings. The second-order valence-corrected chi connectivity index (χ2v) is 8.48. The summed E-state index contributed by atoms with van der Waals surface area (Å²) in [6.45, 7) is 8.38. The van der Waals surface area contributed by atoms with E-state index in [9.17, 15) is 5.11 Å². The van der Waals surface area contributed by atoms with E-state index in [1.54, 1.807) is 0 Å². The maximum absolute atomic E-state index is 10.2. The van der Waals surface area contributed by atoms with E-state index in [-0.39, 0.29) is 18.5 Å². The normalized spacial score (nSPS) is 38.2. The fraction of sp³-hybridized carbons (Fsp3) is 1.00. The Kier molecular flexibility index (Phi) is 5.86. The van der Waals surface area contributed by atoms with Crippen LogP contribution in [0.5, 0.6) is 0 Å². The van der Waals surface area contributed by atoms with Gasteiger partial charge in [0.25, 0.3) is 0 Å². The van der Waals surface area contributed by atoms with Crippen LogP contribution in [0.1, 0.15) is 65.7 Å². The molecule has 2 N–H and O–H groups in total. The zero-order chi connectivity index (χ0) is 15.1. The molecule has 0 amide bonds. The quantitative estimate of drug-likeness (QED) is 0.782. The van der Waals surface area contributed by atoms with Gasteiger partial charge in [-0.3, -0.25) is 0 Å². The molecule has 0 saturated heterocycles. The predicted molar refractivity (Wildman–Crippen MR) is 92.5 cm³/mol. The third kappa shape index (κ3) is 3.19. The topological polar surface area (TPSA) is 41.5 Å². The van der Waals surface area contributed by atoms with Crippen molar-refractivity contribution in [3.63, 3.8) is 0 Å². The zero-order valence-electron chi connectivity index (χ0n) is 14.4. The average molecular weight is 332 g/mol. The number of hydrogen-bond donors (Lipinski definition) is 2. The average Bonchev–Trinajstić information content (AvgIpc) is 3.08. The van der Waals surface area contributed by atoms with E-state index in [1.807, 2.05) is 0 Å². The van der Waals surface area contributed by atoms with E-state index >= 15 is 0 Å². The highest BCUT2D eigenvalue weighted by atomic mass is 35.5. The van der Waals surface area contributed by atoms with Crippen LogP contribution in [0.25, 0.3) is 0 Å². The minimum atomic E-state index is -0.364. The number of hydrogen-bond acceptors (Lipinski definition) is 3. The molecule has 0 aromatic carbocycles. The van der Waals surface area contributed by atoms with Gasteiger partial charge in [-0.05, 0) is 48.9 Å². The molecule has 3 nitrogen and oxygen atoms in total. The number of ether oxygens (including phenoxy) is 1. The molecule has 3 rings (SSSR count). The SMILES string of the molecule is CC1(C)C2CCC1(C)C(OCC(O)CNC1CCCC1)C2.Cl. The van der Waals surface area contributed by atoms with Gasteiger partial charge >= 0.3 is 0 Å². The van der Waals surface area contributed by atoms with Crippen molar-refractivity contribution in [1.82, 2.24) is 5.32 Å². The minimum absolute atomic E-state index is 0. The van der Waals surface area contributed by atoms with E-state index in [2.05, 4.69) is 26.1 Å². The van der Waals surface area contributed by atoms with Crippen molar-refractivity contribution in [2.24, 2.45) is 16.7 Å². The second-order valence-electron chi connectivity index (χ2n) is 8.48. The maximum atomic E-state index is 10.2. The van der Waals surface area contributed by atoms with E-state index in [0.29, 0.717) is 36.1 Å². The molecule has 4 heteroatoms. The zero-order valence-corrected chi connectivity index (χ0v) is 15.3. The van der Waals surface area contributed by atoms with Gasteiger partial charge in [-0.1, -0.05) is 33.6 Å². The molecule has 0 aromatic rings. The van der Waals surface area contributed by atoms with Gasteiger partial charge in [0.1, 0.15) is 0 Å². The van der Waals surface area contributed by atoms with Crippen molar-refractivity contribution >= 4 is 12.4 Å². The van der Waals surface area contributed by atoms with Crippen LogP contribution in [0.4, 0.5) is 0 Å². The van der Waals surface area contributed by atoms with E-state index in [4.69, 9.17) is 4.74 Å². The standard InChI is InChI=1S/C18H33NO2.ClH/c1-17(2)13-8-9-18(17,3)16(10-13)21-12-15(20)11-19-14-6-4-5-7-14;/h13-16,19-20H,4-12H2,1-3H3;1H. The molecule has 0 spiro atoms. The largest absolute Gasteiger partial charge is 0.389 e. The lowest BCUT2D eigenvalue weighted by atomic mass is 9.70. The fourth-order valence-corrected chi connectivity index (χ4v) is 5.10. The summed E-state index contributed by atoms with van der Waals surface area (Å²) < 4.78 is 6.16. The minimum Gasteiger partial charge on any atom is -0.389 e. The molecule has 0 aliphatic heterocycles. The van der Waals surface area contributed by atoms with Crippen LogP contribution in [-0.2, 0) is 4.74 Å². The molecular formula is C18H34ClNO2. The molecule has 4 unspecified atom stereocenters. The number of nitrogens with one attached hydrogen (secondary N) is 1. The van der Waals surface area contributed by atoms with Gasteiger partial charge in [0.2, 0.25) is 0 Å². The van der Waals surface area contributed by atoms with Crippen molar-refractivity contribution < 1.29 is 9.84 Å². The number of aliphatic hydroxyl groups excluding tert-OH is 1. The molecular weight excluding hydrogens is 298 g/mol. The summed E-state index contributed by atoms with van der Waals surface area (Å²) >= 11 is 0. The number of halogens is 1. The summed E-state index contributed by atoms with van der Waals surface area (Å²) in [5, 5.41) is 13.7. The van der Waals surface area contributed by atoms with Crippen molar-refractivity contribution in [1.29, 1.82) is 0 Å². The van der Waals surface area contributed by atoms with E-state index in [0.717, 1.165) is 5.92 Å². The summed E-state index contributed by atoms with van der Waals surface area (Å²) in [6, 6.07) is 0.624. The Morgan fingerprint density at radius 3 is 2.41 bits per heavy atom. The van der Waals surface area contributed by atoms with Crippen LogP contribution in [0.2, 0.25) is 0 Å². The Bertz CT molecular complexity index is 370. The summed E-state index contributed by atoms with van der Waals surface area (Å²) in [7, 11) is 0. The molecule has 22 heavy (non-hydrogen) atoms. The van der Waals surface area contributed by atoms with Gasteiger partial charge in [0.15, 0.2) is 0 Å². The molecule has 0 heterocycles. The summed E-state index contributed by atoms with van der Waals surface area (Å²) in [4.78, 5) is 0. The Balaban J connectivity index is 0.00000176. The first-order valence-corrected chi connectivity index (χ1v) is 8.96. The smallest absolute Gasteiger partial charge is 0.0897 e. The van der Waals surface area contributed by atoms with Gasteiger partial charge in [-0.25, -0.2) is 0 Å². The van der Waals surface area contributed by atoms with Crippen molar-refractivity contribution in [2.45, 2.75) is 84.0 Å². The Morgan fingerprint density at radius 2 is 1.86 bits per heavy atom. The Labute approximate surface area is 142 Å². The lowest BCUT2D eigenvalue weighted by Gasteiger charge is -2.39. The highest BCUT2D eigenvalue weighted by Crippen LogP contribution is 2.66. The monoisotopic (exact) mass is 331 g/mol. The molecule has 2 bridgehead atoms. The van der Waals surface area contributed by atoms with Crippen LogP contribution in [0, 0.1) is 16.7 Å². The van der Waals surface area contributed by atoms with Crippen molar-refractivity contribution in [2.75, 3.05) is 13.2 Å². The summed E-state index contributed by atoms with van der Waals surface area (Å²) in [5.41, 5.74) is 0.695. The van der Waals surface area contributed by atoms with Gasteiger partial charge < -0.3 is 15.2 Å². The first-order chi connectivity index (χ1) is 9.93. The summed E-state index contributed by atoms with van der Waals surface area (Å²) in [6.07, 6.45) is 9.01. The molecule has 3 aliphatic carbocycles. The number of rotatable bonds is 6. The van der Waals surface area contributed by atoms with E-state index < -0.39 is 0 Å². The molecule has 3 saturated carbocycles. The van der Waals surface area contributed by atoms with Crippen molar-refractivity contribution in [3.8, 4) is 0 Å². The van der Waals surface area contributed by atoms with Crippen LogP contribution in [0.15, 0.2) is 0 Å². The van der Waals surface area contributed by atoms with Gasteiger partial charge in [0.05, 0.1) is 18.8 Å². The Morgan fingerprint density at radius 1 is 1.18 bits per heavy atom. The first-order valence-electron chi connectivity index (χ1n) is 8.96. The molecule has 130 valence electrons. The van der Waals surface area contributed by atoms with E-state index in [1.165, 1.54) is 44.9 Å². The maximum Gasteiger partial charge on any atom is 0.0897 e. The third-order valence-corrected chi connectivity index (χ3v) is 7.20. The Hall–Kier alpha value is 0.170. The third-order valence-electron chi connectivity index (χ3n) is 7.20. The highest BCUT2D eigenvalue weighted by Gasteiger charge is 2.61. The molecule has 3 aliphatic rings. The van der Waals surface area contributed by atoms with Crippen LogP contribution >= 0.6 is 12.4 Å². The fourth-order valence-electron chi connectivity index (χ4n) is 5.10.